The minimum absolute atomic E-state index is 0.176. The number of benzene rings is 1. The van der Waals surface area contributed by atoms with Crippen molar-refractivity contribution in [1.82, 2.24) is 25.5 Å². The molecule has 1 aromatic heterocycles. The van der Waals surface area contributed by atoms with Crippen molar-refractivity contribution in [1.29, 1.82) is 0 Å². The molecule has 1 aromatic carbocycles. The topological polar surface area (TPSA) is 99.0 Å². The number of nitrogens with zero attached hydrogens (tertiary/aromatic N) is 4. The van der Waals surface area contributed by atoms with Crippen LogP contribution >= 0.6 is 0 Å². The summed E-state index contributed by atoms with van der Waals surface area (Å²) in [7, 11) is 0. The second-order valence-electron chi connectivity index (χ2n) is 6.31. The number of amides is 1. The zero-order valence-electron chi connectivity index (χ0n) is 14.1. The van der Waals surface area contributed by atoms with Crippen LogP contribution in [0.2, 0.25) is 0 Å². The molecular formula is C17H21N5O3. The lowest BCUT2D eigenvalue weighted by atomic mass is 9.86. The highest BCUT2D eigenvalue weighted by Gasteiger charge is 2.23. The fourth-order valence-corrected chi connectivity index (χ4v) is 3.02. The highest BCUT2D eigenvalue weighted by Crippen LogP contribution is 2.23. The zero-order chi connectivity index (χ0) is 17.6. The van der Waals surface area contributed by atoms with Gasteiger partial charge in [0, 0.05) is 6.04 Å². The van der Waals surface area contributed by atoms with Gasteiger partial charge in [0.1, 0.15) is 6.33 Å². The van der Waals surface area contributed by atoms with Gasteiger partial charge in [-0.1, -0.05) is 19.8 Å². The molecule has 25 heavy (non-hydrogen) atoms. The van der Waals surface area contributed by atoms with Crippen molar-refractivity contribution < 1.29 is 14.3 Å². The second kappa shape index (κ2) is 7.87. The third-order valence-corrected chi connectivity index (χ3v) is 4.51. The quantitative estimate of drug-likeness (QED) is 0.826. The smallest absolute Gasteiger partial charge is 0.338 e. The van der Waals surface area contributed by atoms with E-state index in [1.54, 1.807) is 24.3 Å². The number of aromatic nitrogens is 4. The number of hydrogen-bond donors (Lipinski definition) is 1. The largest absolute Gasteiger partial charge is 0.452 e. The molecule has 0 radical (unpaired) electrons. The molecule has 132 valence electrons. The molecule has 1 amide bonds. The van der Waals surface area contributed by atoms with Crippen LogP contribution in [-0.2, 0) is 9.53 Å². The van der Waals surface area contributed by atoms with Crippen molar-refractivity contribution in [3.8, 4) is 5.69 Å². The lowest BCUT2D eigenvalue weighted by Gasteiger charge is -2.29. The summed E-state index contributed by atoms with van der Waals surface area (Å²) in [5, 5.41) is 13.8. The SMILES string of the molecule is C[C@@H]1CCCC[C@@H]1NC(=O)COC(=O)c1ccc(-n2cnnn2)cc1. The zero-order valence-corrected chi connectivity index (χ0v) is 14.1. The Morgan fingerprint density at radius 2 is 2.00 bits per heavy atom. The highest BCUT2D eigenvalue weighted by atomic mass is 16.5. The number of nitrogens with one attached hydrogen (secondary N) is 1. The Bertz CT molecular complexity index is 714. The van der Waals surface area contributed by atoms with Crippen LogP contribution in [0.15, 0.2) is 30.6 Å². The van der Waals surface area contributed by atoms with Crippen molar-refractivity contribution in [3.05, 3.63) is 36.2 Å². The molecule has 0 aliphatic heterocycles. The summed E-state index contributed by atoms with van der Waals surface area (Å²) in [6.07, 6.45) is 5.91. The summed E-state index contributed by atoms with van der Waals surface area (Å²) in [5.74, 6) is -0.320. The van der Waals surface area contributed by atoms with Gasteiger partial charge < -0.3 is 10.1 Å². The van der Waals surface area contributed by atoms with E-state index < -0.39 is 5.97 Å². The molecule has 2 aromatic rings. The van der Waals surface area contributed by atoms with E-state index >= 15 is 0 Å². The lowest BCUT2D eigenvalue weighted by molar-refractivity contribution is -0.125. The first kappa shape index (κ1) is 17.1. The molecule has 0 unspecified atom stereocenters. The summed E-state index contributed by atoms with van der Waals surface area (Å²) >= 11 is 0. The van der Waals surface area contributed by atoms with Gasteiger partial charge in [-0.3, -0.25) is 4.79 Å². The third kappa shape index (κ3) is 4.40. The number of carbonyl (C=O) groups is 2. The second-order valence-corrected chi connectivity index (χ2v) is 6.31. The average molecular weight is 343 g/mol. The summed E-state index contributed by atoms with van der Waals surface area (Å²) in [6.45, 7) is 1.87. The van der Waals surface area contributed by atoms with Gasteiger partial charge >= 0.3 is 5.97 Å². The fraction of sp³-hybridized carbons (Fsp3) is 0.471. The molecule has 8 nitrogen and oxygen atoms in total. The number of rotatable bonds is 5. The molecule has 2 atom stereocenters. The van der Waals surface area contributed by atoms with E-state index in [0.717, 1.165) is 24.9 Å². The lowest BCUT2D eigenvalue weighted by Crippen LogP contribution is -2.42. The van der Waals surface area contributed by atoms with E-state index in [9.17, 15) is 9.59 Å². The molecule has 1 aliphatic carbocycles. The summed E-state index contributed by atoms with van der Waals surface area (Å²) in [5.41, 5.74) is 1.10. The summed E-state index contributed by atoms with van der Waals surface area (Å²) in [6, 6.07) is 6.81. The molecule has 1 fully saturated rings. The first-order valence-electron chi connectivity index (χ1n) is 8.43. The molecule has 0 saturated heterocycles. The predicted octanol–water partition coefficient (Wildman–Crippen LogP) is 1.51. The van der Waals surface area contributed by atoms with Crippen LogP contribution in [0.5, 0.6) is 0 Å². The normalized spacial score (nSPS) is 20.0. The number of tetrazole rings is 1. The van der Waals surface area contributed by atoms with Gasteiger partial charge in [0.15, 0.2) is 6.61 Å². The molecule has 0 bridgehead atoms. The standard InChI is InChI=1S/C17H21N5O3/c1-12-4-2-3-5-15(12)19-16(23)10-25-17(24)13-6-8-14(9-7-13)22-11-18-20-21-22/h6-9,11-12,15H,2-5,10H2,1H3,(H,19,23)/t12-,15+/m1/s1. The van der Waals surface area contributed by atoms with Crippen LogP contribution in [0.1, 0.15) is 43.0 Å². The minimum atomic E-state index is -0.532. The molecular weight excluding hydrogens is 322 g/mol. The Balaban J connectivity index is 1.49. The van der Waals surface area contributed by atoms with E-state index in [2.05, 4.69) is 27.8 Å². The first-order chi connectivity index (χ1) is 12.1. The highest BCUT2D eigenvalue weighted by molar-refractivity contribution is 5.91. The van der Waals surface area contributed by atoms with E-state index in [4.69, 9.17) is 4.74 Å². The summed E-state index contributed by atoms with van der Waals surface area (Å²) in [4.78, 5) is 24.0. The van der Waals surface area contributed by atoms with Crippen LogP contribution < -0.4 is 5.32 Å². The van der Waals surface area contributed by atoms with Crippen LogP contribution in [0.4, 0.5) is 0 Å². The van der Waals surface area contributed by atoms with E-state index in [-0.39, 0.29) is 18.6 Å². The van der Waals surface area contributed by atoms with Gasteiger partial charge in [0.2, 0.25) is 0 Å². The minimum Gasteiger partial charge on any atom is -0.452 e. The van der Waals surface area contributed by atoms with Crippen molar-refractivity contribution in [2.75, 3.05) is 6.61 Å². The first-order valence-corrected chi connectivity index (χ1v) is 8.43. The van der Waals surface area contributed by atoms with Gasteiger partial charge in [-0.25, -0.2) is 9.48 Å². The predicted molar refractivity (Wildman–Crippen MR) is 89.0 cm³/mol. The maximum atomic E-state index is 12.1. The molecule has 0 spiro atoms. The van der Waals surface area contributed by atoms with Crippen molar-refractivity contribution >= 4 is 11.9 Å². The third-order valence-electron chi connectivity index (χ3n) is 4.51. The van der Waals surface area contributed by atoms with Gasteiger partial charge in [0.05, 0.1) is 11.3 Å². The van der Waals surface area contributed by atoms with Crippen molar-refractivity contribution in [2.24, 2.45) is 5.92 Å². The monoisotopic (exact) mass is 343 g/mol. The number of esters is 1. The maximum absolute atomic E-state index is 12.1. The van der Waals surface area contributed by atoms with Gasteiger partial charge in [-0.05, 0) is 53.5 Å². The van der Waals surface area contributed by atoms with Crippen LogP contribution in [0, 0.1) is 5.92 Å². The maximum Gasteiger partial charge on any atom is 0.338 e. The van der Waals surface area contributed by atoms with E-state index in [1.807, 2.05) is 0 Å². The van der Waals surface area contributed by atoms with Crippen molar-refractivity contribution in [2.45, 2.75) is 38.6 Å². The number of ether oxygens (including phenoxy) is 1. The Kier molecular flexibility index (Phi) is 5.37. The molecule has 1 heterocycles. The van der Waals surface area contributed by atoms with Crippen LogP contribution in [0.25, 0.3) is 5.69 Å². The molecule has 1 N–H and O–H groups in total. The Hall–Kier alpha value is -2.77. The fourth-order valence-electron chi connectivity index (χ4n) is 3.02. The van der Waals surface area contributed by atoms with Crippen LogP contribution in [-0.4, -0.2) is 44.7 Å². The van der Waals surface area contributed by atoms with Gasteiger partial charge in [0.25, 0.3) is 5.91 Å². The number of carbonyl (C=O) groups excluding carboxylic acids is 2. The molecule has 8 heteroatoms. The molecule has 1 aliphatic rings. The average Bonchev–Trinajstić information content (AvgIpc) is 3.16. The Morgan fingerprint density at radius 1 is 1.24 bits per heavy atom. The Morgan fingerprint density at radius 3 is 2.68 bits per heavy atom. The number of hydrogen-bond acceptors (Lipinski definition) is 6. The van der Waals surface area contributed by atoms with E-state index in [0.29, 0.717) is 11.5 Å². The van der Waals surface area contributed by atoms with Crippen LogP contribution in [0.3, 0.4) is 0 Å². The van der Waals surface area contributed by atoms with E-state index in [1.165, 1.54) is 17.4 Å². The Labute approximate surface area is 145 Å². The molecule has 3 rings (SSSR count). The van der Waals surface area contributed by atoms with Gasteiger partial charge in [-0.15, -0.1) is 5.10 Å². The molecule has 1 saturated carbocycles. The summed E-state index contributed by atoms with van der Waals surface area (Å²) < 4.78 is 6.58. The van der Waals surface area contributed by atoms with Gasteiger partial charge in [-0.2, -0.15) is 0 Å². The van der Waals surface area contributed by atoms with Crippen molar-refractivity contribution in [3.63, 3.8) is 0 Å².